The number of methoxy groups -OCH3 is 1. The largest absolute Gasteiger partial charge is 0.506 e. The van der Waals surface area contributed by atoms with E-state index in [1.807, 2.05) is 6.07 Å². The van der Waals surface area contributed by atoms with Gasteiger partial charge in [-0.3, -0.25) is 4.72 Å². The molecule has 0 fully saturated rings. The highest BCUT2D eigenvalue weighted by Gasteiger charge is 2.19. The summed E-state index contributed by atoms with van der Waals surface area (Å²) in [6, 6.07) is 10.8. The summed E-state index contributed by atoms with van der Waals surface area (Å²) in [6.07, 6.45) is 4.13. The van der Waals surface area contributed by atoms with Crippen LogP contribution in [0.25, 0.3) is 0 Å². The van der Waals surface area contributed by atoms with Crippen LogP contribution in [0.1, 0.15) is 35.6 Å². The van der Waals surface area contributed by atoms with Crippen molar-refractivity contribution in [1.82, 2.24) is 5.32 Å². The lowest BCUT2D eigenvalue weighted by Crippen LogP contribution is -2.34. The molecule has 0 aromatic heterocycles. The fraction of sp³-hybridized carbons (Fsp3) is 0.429. The third-order valence-electron chi connectivity index (χ3n) is 5.18. The molecule has 2 aromatic carbocycles. The Kier molecular flexibility index (Phi) is 6.66. The summed E-state index contributed by atoms with van der Waals surface area (Å²) >= 11 is 0. The Morgan fingerprint density at radius 1 is 1.21 bits per heavy atom. The predicted molar refractivity (Wildman–Crippen MR) is 113 cm³/mol. The summed E-state index contributed by atoms with van der Waals surface area (Å²) < 4.78 is 30.5. The van der Waals surface area contributed by atoms with Crippen molar-refractivity contribution in [2.24, 2.45) is 0 Å². The molecule has 1 aliphatic rings. The Bertz CT molecular complexity index is 962. The first kappa shape index (κ1) is 21.4. The van der Waals surface area contributed by atoms with Gasteiger partial charge in [0.1, 0.15) is 11.5 Å². The average Bonchev–Trinajstić information content (AvgIpc) is 2.87. The maximum absolute atomic E-state index is 11.4. The fourth-order valence-corrected chi connectivity index (χ4v) is 4.25. The second-order valence-electron chi connectivity index (χ2n) is 7.50. The Morgan fingerprint density at radius 3 is 2.72 bits per heavy atom. The molecule has 1 unspecified atom stereocenters. The van der Waals surface area contributed by atoms with Gasteiger partial charge in [-0.1, -0.05) is 12.1 Å². The highest BCUT2D eigenvalue weighted by Crippen LogP contribution is 2.28. The smallest absolute Gasteiger partial charge is 0.229 e. The van der Waals surface area contributed by atoms with Gasteiger partial charge in [0.25, 0.3) is 0 Å². The molecule has 1 aliphatic carbocycles. The maximum atomic E-state index is 11.4. The van der Waals surface area contributed by atoms with E-state index in [0.717, 1.165) is 37.7 Å². The van der Waals surface area contributed by atoms with Gasteiger partial charge < -0.3 is 20.3 Å². The monoisotopic (exact) mass is 420 g/mol. The molecular weight excluding hydrogens is 392 g/mol. The van der Waals surface area contributed by atoms with Gasteiger partial charge in [-0.2, -0.15) is 0 Å². The number of aliphatic hydroxyl groups excluding tert-OH is 1. The van der Waals surface area contributed by atoms with Crippen molar-refractivity contribution in [3.63, 3.8) is 0 Å². The molecule has 2 atom stereocenters. The van der Waals surface area contributed by atoms with Crippen molar-refractivity contribution in [3.8, 4) is 11.5 Å². The third-order valence-corrected chi connectivity index (χ3v) is 5.77. The van der Waals surface area contributed by atoms with Crippen LogP contribution in [0, 0.1) is 0 Å². The summed E-state index contributed by atoms with van der Waals surface area (Å²) in [5.41, 5.74) is 3.18. The number of nitrogens with one attached hydrogen (secondary N) is 2. The van der Waals surface area contributed by atoms with Gasteiger partial charge in [0.15, 0.2) is 0 Å². The molecule has 7 nitrogen and oxygen atoms in total. The van der Waals surface area contributed by atoms with E-state index in [0.29, 0.717) is 12.1 Å². The van der Waals surface area contributed by atoms with Crippen molar-refractivity contribution < 1.29 is 23.4 Å². The number of rotatable bonds is 7. The Hall–Kier alpha value is -2.29. The zero-order chi connectivity index (χ0) is 21.0. The van der Waals surface area contributed by atoms with Gasteiger partial charge in [-0.05, 0) is 66.6 Å². The van der Waals surface area contributed by atoms with Crippen LogP contribution in [-0.4, -0.2) is 44.6 Å². The van der Waals surface area contributed by atoms with Crippen LogP contribution in [0.15, 0.2) is 36.4 Å². The topological polar surface area (TPSA) is 108 Å². The van der Waals surface area contributed by atoms with Crippen molar-refractivity contribution in [3.05, 3.63) is 53.1 Å². The van der Waals surface area contributed by atoms with Crippen LogP contribution in [-0.2, 0) is 22.9 Å². The van der Waals surface area contributed by atoms with Gasteiger partial charge >= 0.3 is 0 Å². The van der Waals surface area contributed by atoms with Crippen LogP contribution in [0.4, 0.5) is 5.69 Å². The molecule has 3 rings (SSSR count). The molecule has 0 saturated heterocycles. The molecule has 158 valence electrons. The number of benzene rings is 2. The first-order chi connectivity index (χ1) is 13.7. The summed E-state index contributed by atoms with van der Waals surface area (Å²) in [7, 11) is -1.87. The van der Waals surface area contributed by atoms with E-state index in [1.165, 1.54) is 23.3 Å². The Balaban J connectivity index is 1.65. The molecule has 0 aliphatic heterocycles. The number of aryl methyl sites for hydroxylation is 1. The lowest BCUT2D eigenvalue weighted by atomic mass is 10.0. The molecule has 0 heterocycles. The number of hydrogen-bond acceptors (Lipinski definition) is 6. The zero-order valence-corrected chi connectivity index (χ0v) is 17.5. The van der Waals surface area contributed by atoms with Crippen LogP contribution in [0.2, 0.25) is 0 Å². The lowest BCUT2D eigenvalue weighted by Gasteiger charge is -2.20. The van der Waals surface area contributed by atoms with Crippen molar-refractivity contribution in [2.45, 2.75) is 37.8 Å². The number of phenols is 1. The number of ether oxygens (including phenoxy) is 1. The quantitative estimate of drug-likeness (QED) is 0.405. The molecule has 0 spiro atoms. The molecule has 29 heavy (non-hydrogen) atoms. The first-order valence-electron chi connectivity index (χ1n) is 9.63. The minimum Gasteiger partial charge on any atom is -0.506 e. The maximum Gasteiger partial charge on any atom is 0.229 e. The second kappa shape index (κ2) is 9.02. The van der Waals surface area contributed by atoms with E-state index in [-0.39, 0.29) is 17.5 Å². The van der Waals surface area contributed by atoms with Crippen molar-refractivity contribution in [1.29, 1.82) is 0 Å². The van der Waals surface area contributed by atoms with E-state index in [2.05, 4.69) is 22.2 Å². The summed E-state index contributed by atoms with van der Waals surface area (Å²) in [4.78, 5) is 0. The zero-order valence-electron chi connectivity index (χ0n) is 16.7. The summed E-state index contributed by atoms with van der Waals surface area (Å²) in [5, 5.41) is 23.8. The third kappa shape index (κ3) is 5.85. The van der Waals surface area contributed by atoms with Gasteiger partial charge in [-0.15, -0.1) is 0 Å². The first-order valence-corrected chi connectivity index (χ1v) is 11.5. The number of aliphatic hydroxyl groups is 1. The number of sulfonamides is 1. The van der Waals surface area contributed by atoms with E-state index in [9.17, 15) is 18.6 Å². The van der Waals surface area contributed by atoms with Crippen LogP contribution < -0.4 is 14.8 Å². The average molecular weight is 421 g/mol. The fourth-order valence-electron chi connectivity index (χ4n) is 3.68. The van der Waals surface area contributed by atoms with E-state index in [4.69, 9.17) is 4.74 Å². The molecule has 8 heteroatoms. The van der Waals surface area contributed by atoms with Crippen LogP contribution >= 0.6 is 0 Å². The molecule has 4 N–H and O–H groups in total. The van der Waals surface area contributed by atoms with E-state index < -0.39 is 16.1 Å². The predicted octanol–water partition coefficient (Wildman–Crippen LogP) is 2.34. The van der Waals surface area contributed by atoms with Crippen molar-refractivity contribution in [2.75, 3.05) is 24.6 Å². The highest BCUT2D eigenvalue weighted by atomic mass is 32.2. The standard InChI is InChI=1S/C21H28N2O5S/c1-28-18-8-6-14-4-3-5-17(10-16(14)11-18)22-13-21(25)15-7-9-20(24)19(12-15)23-29(2,26)27/h6-9,11-12,17,21-25H,3-5,10,13H2,1-2H3/t17?,21-/m0/s1. The van der Waals surface area contributed by atoms with Crippen molar-refractivity contribution >= 4 is 15.7 Å². The van der Waals surface area contributed by atoms with Gasteiger partial charge in [0, 0.05) is 12.6 Å². The van der Waals surface area contributed by atoms with E-state index >= 15 is 0 Å². The van der Waals surface area contributed by atoms with Crippen LogP contribution in [0.5, 0.6) is 11.5 Å². The number of anilines is 1. The van der Waals surface area contributed by atoms with Crippen LogP contribution in [0.3, 0.4) is 0 Å². The molecular formula is C21H28N2O5S. The molecule has 2 aromatic rings. The number of hydrogen-bond donors (Lipinski definition) is 4. The summed E-state index contributed by atoms with van der Waals surface area (Å²) in [6.45, 7) is 0.326. The van der Waals surface area contributed by atoms with E-state index in [1.54, 1.807) is 13.2 Å². The summed E-state index contributed by atoms with van der Waals surface area (Å²) in [5.74, 6) is 0.660. The number of phenolic OH excluding ortho intramolecular Hbond substituents is 1. The Morgan fingerprint density at radius 2 is 2.00 bits per heavy atom. The van der Waals surface area contributed by atoms with Gasteiger partial charge in [0.2, 0.25) is 10.0 Å². The molecule has 0 radical (unpaired) electrons. The molecule has 0 bridgehead atoms. The highest BCUT2D eigenvalue weighted by molar-refractivity contribution is 7.92. The minimum atomic E-state index is -3.53. The SMILES string of the molecule is COc1ccc2c(c1)CC(NC[C@H](O)c1ccc(O)c(NS(C)(=O)=O)c1)CCC2. The Labute approximate surface area is 171 Å². The normalized spacial score (nSPS) is 17.8. The molecule has 0 amide bonds. The second-order valence-corrected chi connectivity index (χ2v) is 9.25. The number of fused-ring (bicyclic) bond motifs is 1. The van der Waals surface area contributed by atoms with Gasteiger partial charge in [-0.25, -0.2) is 8.42 Å². The minimum absolute atomic E-state index is 0.0551. The number of aromatic hydroxyl groups is 1. The lowest BCUT2D eigenvalue weighted by molar-refractivity contribution is 0.168. The van der Waals surface area contributed by atoms with Gasteiger partial charge in [0.05, 0.1) is 25.2 Å². The molecule has 0 saturated carbocycles.